The van der Waals surface area contributed by atoms with Crippen molar-refractivity contribution in [2.75, 3.05) is 32.0 Å². The Morgan fingerprint density at radius 3 is 2.71 bits per heavy atom. The minimum atomic E-state index is -0.0956. The zero-order valence-corrected chi connectivity index (χ0v) is 14.9. The molecule has 0 saturated carbocycles. The summed E-state index contributed by atoms with van der Waals surface area (Å²) in [5.41, 5.74) is 6.89. The molecule has 118 valence electrons. The first kappa shape index (κ1) is 16.6. The number of nitrogen functional groups attached to an aromatic ring is 1. The quantitative estimate of drug-likeness (QED) is 0.901. The standard InChI is InChI=1S/C15H25BrN4O/c1-5-6-20-7-8-21-10(9-20)14-18-12(15(2,3)4)11(16)13(17)19-14/h10H,5-9H2,1-4H3,(H2,17,18,19). The van der Waals surface area contributed by atoms with Crippen molar-refractivity contribution in [3.8, 4) is 0 Å². The number of rotatable bonds is 3. The van der Waals surface area contributed by atoms with E-state index in [1.165, 1.54) is 0 Å². The van der Waals surface area contributed by atoms with Crippen LogP contribution in [0.1, 0.15) is 51.7 Å². The van der Waals surface area contributed by atoms with Gasteiger partial charge in [-0.1, -0.05) is 27.7 Å². The number of halogens is 1. The predicted molar refractivity (Wildman–Crippen MR) is 88.3 cm³/mol. The Bertz CT molecular complexity index is 499. The highest BCUT2D eigenvalue weighted by atomic mass is 79.9. The van der Waals surface area contributed by atoms with E-state index in [2.05, 4.69) is 53.5 Å². The number of hydrogen-bond donors (Lipinski definition) is 1. The lowest BCUT2D eigenvalue weighted by Crippen LogP contribution is -2.39. The summed E-state index contributed by atoms with van der Waals surface area (Å²) in [5, 5.41) is 0. The van der Waals surface area contributed by atoms with Crippen molar-refractivity contribution >= 4 is 21.7 Å². The summed E-state index contributed by atoms with van der Waals surface area (Å²) in [4.78, 5) is 11.6. The molecule has 1 aromatic heterocycles. The molecule has 21 heavy (non-hydrogen) atoms. The largest absolute Gasteiger partial charge is 0.383 e. The van der Waals surface area contributed by atoms with Crippen LogP contribution in [0, 0.1) is 0 Å². The number of nitrogens with zero attached hydrogens (tertiary/aromatic N) is 3. The zero-order valence-electron chi connectivity index (χ0n) is 13.3. The lowest BCUT2D eigenvalue weighted by atomic mass is 9.92. The van der Waals surface area contributed by atoms with Gasteiger partial charge < -0.3 is 10.5 Å². The van der Waals surface area contributed by atoms with E-state index in [0.29, 0.717) is 11.6 Å². The Kier molecular flexibility index (Phi) is 5.22. The van der Waals surface area contributed by atoms with E-state index in [1.807, 2.05) is 0 Å². The SMILES string of the molecule is CCCN1CCOC(c2nc(N)c(Br)c(C(C)(C)C)n2)C1. The van der Waals surface area contributed by atoms with Crippen LogP contribution in [0.15, 0.2) is 4.47 Å². The zero-order chi connectivity index (χ0) is 15.6. The van der Waals surface area contributed by atoms with E-state index in [-0.39, 0.29) is 11.5 Å². The molecule has 0 radical (unpaired) electrons. The van der Waals surface area contributed by atoms with Crippen molar-refractivity contribution in [1.29, 1.82) is 0 Å². The van der Waals surface area contributed by atoms with Gasteiger partial charge in [-0.25, -0.2) is 9.97 Å². The average Bonchev–Trinajstić information content (AvgIpc) is 2.41. The van der Waals surface area contributed by atoms with Gasteiger partial charge in [-0.15, -0.1) is 0 Å². The molecule has 5 nitrogen and oxygen atoms in total. The number of anilines is 1. The van der Waals surface area contributed by atoms with E-state index in [4.69, 9.17) is 15.5 Å². The summed E-state index contributed by atoms with van der Waals surface area (Å²) in [5.74, 6) is 1.18. The monoisotopic (exact) mass is 356 g/mol. The minimum Gasteiger partial charge on any atom is -0.383 e. The van der Waals surface area contributed by atoms with Gasteiger partial charge in [0.05, 0.1) is 16.8 Å². The van der Waals surface area contributed by atoms with Crippen LogP contribution >= 0.6 is 15.9 Å². The lowest BCUT2D eigenvalue weighted by Gasteiger charge is -2.32. The molecule has 1 atom stereocenters. The first-order valence-electron chi connectivity index (χ1n) is 7.50. The smallest absolute Gasteiger partial charge is 0.161 e. The van der Waals surface area contributed by atoms with Crippen LogP contribution in [0.2, 0.25) is 0 Å². The van der Waals surface area contributed by atoms with E-state index in [9.17, 15) is 0 Å². The van der Waals surface area contributed by atoms with Gasteiger partial charge in [0, 0.05) is 18.5 Å². The fraction of sp³-hybridized carbons (Fsp3) is 0.733. The fourth-order valence-electron chi connectivity index (χ4n) is 2.50. The molecule has 1 aromatic rings. The van der Waals surface area contributed by atoms with E-state index < -0.39 is 0 Å². The maximum absolute atomic E-state index is 6.05. The molecular weight excluding hydrogens is 332 g/mol. The molecule has 1 fully saturated rings. The van der Waals surface area contributed by atoms with Gasteiger partial charge in [0.15, 0.2) is 5.82 Å². The highest BCUT2D eigenvalue weighted by molar-refractivity contribution is 9.10. The number of nitrogens with two attached hydrogens (primary N) is 1. The molecule has 0 amide bonds. The molecule has 0 spiro atoms. The van der Waals surface area contributed by atoms with Crippen molar-refractivity contribution in [3.63, 3.8) is 0 Å². The summed E-state index contributed by atoms with van der Waals surface area (Å²) in [6.45, 7) is 12.2. The van der Waals surface area contributed by atoms with Crippen LogP contribution in [0.3, 0.4) is 0 Å². The highest BCUT2D eigenvalue weighted by Gasteiger charge is 2.28. The molecule has 2 rings (SSSR count). The van der Waals surface area contributed by atoms with Crippen LogP contribution in [0.4, 0.5) is 5.82 Å². The van der Waals surface area contributed by atoms with Crippen LogP contribution in [0.5, 0.6) is 0 Å². The van der Waals surface area contributed by atoms with E-state index in [0.717, 1.165) is 42.8 Å². The molecule has 1 aliphatic heterocycles. The Hall–Kier alpha value is -0.720. The topological polar surface area (TPSA) is 64.3 Å². The van der Waals surface area contributed by atoms with Gasteiger partial charge in [-0.3, -0.25) is 4.90 Å². The fourth-order valence-corrected chi connectivity index (χ4v) is 3.27. The summed E-state index contributed by atoms with van der Waals surface area (Å²) >= 11 is 3.51. The predicted octanol–water partition coefficient (Wildman–Crippen LogP) is 2.90. The molecule has 2 heterocycles. The van der Waals surface area contributed by atoms with Crippen LogP contribution in [0.25, 0.3) is 0 Å². The van der Waals surface area contributed by atoms with Gasteiger partial charge in [-0.05, 0) is 28.9 Å². The molecule has 2 N–H and O–H groups in total. The van der Waals surface area contributed by atoms with Crippen molar-refractivity contribution < 1.29 is 4.74 Å². The van der Waals surface area contributed by atoms with Gasteiger partial charge in [0.2, 0.25) is 0 Å². The molecule has 1 aliphatic rings. The van der Waals surface area contributed by atoms with Crippen LogP contribution in [-0.2, 0) is 10.2 Å². The highest BCUT2D eigenvalue weighted by Crippen LogP contribution is 2.33. The summed E-state index contributed by atoms with van der Waals surface area (Å²) in [7, 11) is 0. The minimum absolute atomic E-state index is 0.0948. The molecule has 0 aromatic carbocycles. The molecular formula is C15H25BrN4O. The van der Waals surface area contributed by atoms with Crippen molar-refractivity contribution in [3.05, 3.63) is 16.0 Å². The molecule has 0 aliphatic carbocycles. The van der Waals surface area contributed by atoms with Crippen LogP contribution < -0.4 is 5.73 Å². The summed E-state index contributed by atoms with van der Waals surface area (Å²) < 4.78 is 6.66. The second-order valence-electron chi connectivity index (χ2n) is 6.54. The Morgan fingerprint density at radius 2 is 2.10 bits per heavy atom. The maximum Gasteiger partial charge on any atom is 0.161 e. The maximum atomic E-state index is 6.05. The normalized spacial score (nSPS) is 20.7. The summed E-state index contributed by atoms with van der Waals surface area (Å²) in [6.07, 6.45) is 1.05. The number of ether oxygens (including phenoxy) is 1. The summed E-state index contributed by atoms with van der Waals surface area (Å²) in [6, 6.07) is 0. The van der Waals surface area contributed by atoms with Gasteiger partial charge in [-0.2, -0.15) is 0 Å². The first-order valence-corrected chi connectivity index (χ1v) is 8.29. The second kappa shape index (κ2) is 6.58. The third-order valence-electron chi connectivity index (χ3n) is 3.58. The lowest BCUT2D eigenvalue weighted by molar-refractivity contribution is -0.0343. The molecule has 1 saturated heterocycles. The Labute approximate surface area is 135 Å². The third-order valence-corrected chi connectivity index (χ3v) is 4.36. The van der Waals surface area contributed by atoms with Crippen LogP contribution in [-0.4, -0.2) is 41.1 Å². The number of morpholine rings is 1. The Balaban J connectivity index is 2.29. The van der Waals surface area contributed by atoms with Gasteiger partial charge in [0.1, 0.15) is 11.9 Å². The van der Waals surface area contributed by atoms with E-state index >= 15 is 0 Å². The second-order valence-corrected chi connectivity index (χ2v) is 7.33. The molecule has 0 bridgehead atoms. The van der Waals surface area contributed by atoms with Crippen molar-refractivity contribution in [2.24, 2.45) is 0 Å². The van der Waals surface area contributed by atoms with Crippen molar-refractivity contribution in [2.45, 2.75) is 45.6 Å². The number of hydrogen-bond acceptors (Lipinski definition) is 5. The van der Waals surface area contributed by atoms with Crippen molar-refractivity contribution in [1.82, 2.24) is 14.9 Å². The molecule has 1 unspecified atom stereocenters. The van der Waals surface area contributed by atoms with Gasteiger partial charge >= 0.3 is 0 Å². The van der Waals surface area contributed by atoms with E-state index in [1.54, 1.807) is 0 Å². The molecule has 6 heteroatoms. The third kappa shape index (κ3) is 3.93. The average molecular weight is 357 g/mol. The van der Waals surface area contributed by atoms with Gasteiger partial charge in [0.25, 0.3) is 0 Å². The number of aromatic nitrogens is 2. The first-order chi connectivity index (χ1) is 9.82. The Morgan fingerprint density at radius 1 is 1.38 bits per heavy atom.